The number of carbonyl (C=O) groups excluding carboxylic acids is 1. The van der Waals surface area contributed by atoms with Gasteiger partial charge in [0.05, 0.1) is 11.4 Å². The zero-order valence-electron chi connectivity index (χ0n) is 14.6. The number of halogens is 1. The molecule has 1 aliphatic carbocycles. The van der Waals surface area contributed by atoms with Gasteiger partial charge in [-0.05, 0) is 66.3 Å². The molecule has 0 N–H and O–H groups in total. The lowest BCUT2D eigenvalue weighted by molar-refractivity contribution is -0.134. The molecular formula is C18H22ClN5OS. The lowest BCUT2D eigenvalue weighted by Gasteiger charge is -2.44. The molecule has 1 aliphatic heterocycles. The van der Waals surface area contributed by atoms with Gasteiger partial charge in [-0.25, -0.2) is 0 Å². The predicted molar refractivity (Wildman–Crippen MR) is 102 cm³/mol. The number of hydrogen-bond acceptors (Lipinski definition) is 5. The zero-order chi connectivity index (χ0) is 17.9. The number of thioether (sulfide) groups is 1. The van der Waals surface area contributed by atoms with E-state index >= 15 is 0 Å². The Bertz CT molecular complexity index is 763. The number of nitrogens with zero attached hydrogens (tertiary/aromatic N) is 5. The first-order valence-corrected chi connectivity index (χ1v) is 10.6. The normalized spacial score (nSPS) is 22.9. The lowest BCUT2D eigenvalue weighted by Crippen LogP contribution is -2.50. The van der Waals surface area contributed by atoms with Crippen molar-refractivity contribution in [2.75, 3.05) is 12.3 Å². The summed E-state index contributed by atoms with van der Waals surface area (Å²) in [6.07, 6.45) is 7.39. The van der Waals surface area contributed by atoms with Gasteiger partial charge in [0.1, 0.15) is 0 Å². The van der Waals surface area contributed by atoms with Gasteiger partial charge in [-0.15, -0.1) is 5.10 Å². The molecule has 1 amide bonds. The fourth-order valence-electron chi connectivity index (χ4n) is 4.16. The minimum atomic E-state index is 0.206. The summed E-state index contributed by atoms with van der Waals surface area (Å²) in [5, 5.41) is 13.2. The Labute approximate surface area is 162 Å². The first kappa shape index (κ1) is 17.8. The number of carbonyl (C=O) groups is 1. The molecule has 2 fully saturated rings. The molecule has 2 atom stereocenters. The van der Waals surface area contributed by atoms with Crippen LogP contribution in [0.1, 0.15) is 38.5 Å². The molecule has 0 spiro atoms. The molecule has 2 unspecified atom stereocenters. The Morgan fingerprint density at radius 2 is 1.92 bits per heavy atom. The van der Waals surface area contributed by atoms with Gasteiger partial charge in [-0.2, -0.15) is 4.68 Å². The Kier molecular flexibility index (Phi) is 5.45. The summed E-state index contributed by atoms with van der Waals surface area (Å²) in [5.74, 6) is 1.28. The second-order valence-corrected chi connectivity index (χ2v) is 8.36. The fourth-order valence-corrected chi connectivity index (χ4v) is 5.06. The van der Waals surface area contributed by atoms with Crippen molar-refractivity contribution in [3.8, 4) is 5.69 Å². The van der Waals surface area contributed by atoms with E-state index in [2.05, 4.69) is 20.4 Å². The van der Waals surface area contributed by atoms with Crippen molar-refractivity contribution >= 4 is 29.3 Å². The Hall–Kier alpha value is -1.60. The first-order chi connectivity index (χ1) is 12.7. The van der Waals surface area contributed by atoms with E-state index in [0.29, 0.717) is 27.9 Å². The van der Waals surface area contributed by atoms with Crippen molar-refractivity contribution in [3.05, 3.63) is 29.3 Å². The molecule has 138 valence electrons. The minimum Gasteiger partial charge on any atom is -0.339 e. The fraction of sp³-hybridized carbons (Fsp3) is 0.556. The number of aromatic nitrogens is 4. The van der Waals surface area contributed by atoms with Gasteiger partial charge in [0.2, 0.25) is 11.1 Å². The second kappa shape index (κ2) is 7.96. The van der Waals surface area contributed by atoms with Crippen LogP contribution in [0.4, 0.5) is 0 Å². The topological polar surface area (TPSA) is 63.9 Å². The molecule has 4 rings (SSSR count). The highest BCUT2D eigenvalue weighted by molar-refractivity contribution is 7.99. The van der Waals surface area contributed by atoms with Crippen molar-refractivity contribution in [1.82, 2.24) is 25.1 Å². The number of tetrazole rings is 1. The van der Waals surface area contributed by atoms with E-state index in [-0.39, 0.29) is 5.91 Å². The zero-order valence-corrected chi connectivity index (χ0v) is 16.1. The Balaban J connectivity index is 1.42. The summed E-state index contributed by atoms with van der Waals surface area (Å²) in [6.45, 7) is 0.892. The van der Waals surface area contributed by atoms with Crippen molar-refractivity contribution in [2.45, 2.75) is 49.7 Å². The molecule has 2 aliphatic rings. The summed E-state index contributed by atoms with van der Waals surface area (Å²) < 4.78 is 1.65. The highest BCUT2D eigenvalue weighted by Gasteiger charge is 2.35. The average Bonchev–Trinajstić information content (AvgIpc) is 3.15. The number of likely N-dealkylation sites (tertiary alicyclic amines) is 1. The molecule has 1 saturated heterocycles. The van der Waals surface area contributed by atoms with Crippen LogP contribution in [0.3, 0.4) is 0 Å². The summed E-state index contributed by atoms with van der Waals surface area (Å²) >= 11 is 7.34. The summed E-state index contributed by atoms with van der Waals surface area (Å²) in [5.41, 5.74) is 0.833. The smallest absolute Gasteiger partial charge is 0.233 e. The molecule has 0 bridgehead atoms. The molecule has 1 saturated carbocycles. The molecule has 1 aromatic heterocycles. The van der Waals surface area contributed by atoms with Gasteiger partial charge in [0, 0.05) is 17.6 Å². The number of hydrogen-bond donors (Lipinski definition) is 0. The van der Waals surface area contributed by atoms with Crippen molar-refractivity contribution in [2.24, 2.45) is 5.92 Å². The van der Waals surface area contributed by atoms with Gasteiger partial charge in [-0.1, -0.05) is 36.2 Å². The maximum absolute atomic E-state index is 12.9. The van der Waals surface area contributed by atoms with E-state index in [1.807, 2.05) is 12.1 Å². The Morgan fingerprint density at radius 1 is 1.15 bits per heavy atom. The second-order valence-electron chi connectivity index (χ2n) is 6.98. The van der Waals surface area contributed by atoms with Crippen molar-refractivity contribution in [1.29, 1.82) is 0 Å². The monoisotopic (exact) mass is 391 g/mol. The average molecular weight is 392 g/mol. The van der Waals surface area contributed by atoms with Crippen LogP contribution >= 0.6 is 23.4 Å². The van der Waals surface area contributed by atoms with Gasteiger partial charge in [0.25, 0.3) is 0 Å². The third-order valence-electron chi connectivity index (χ3n) is 5.40. The summed E-state index contributed by atoms with van der Waals surface area (Å²) in [7, 11) is 0. The molecule has 2 aromatic rings. The molecule has 8 heteroatoms. The molecule has 1 aromatic carbocycles. The number of rotatable bonds is 4. The quantitative estimate of drug-likeness (QED) is 0.745. The SMILES string of the molecule is O=C(CSc1nnnn1-c1ccc(Cl)cc1)N1CCCC2CCCCC21. The summed E-state index contributed by atoms with van der Waals surface area (Å²) in [6, 6.07) is 7.77. The van der Waals surface area contributed by atoms with Crippen LogP contribution in [0, 0.1) is 5.92 Å². The third kappa shape index (κ3) is 3.74. The molecule has 0 radical (unpaired) electrons. The largest absolute Gasteiger partial charge is 0.339 e. The van der Waals surface area contributed by atoms with E-state index in [9.17, 15) is 4.79 Å². The first-order valence-electron chi connectivity index (χ1n) is 9.19. The van der Waals surface area contributed by atoms with Gasteiger partial charge in [-0.3, -0.25) is 4.79 Å². The number of amides is 1. The van der Waals surface area contributed by atoms with Crippen LogP contribution in [0.15, 0.2) is 29.4 Å². The van der Waals surface area contributed by atoms with Crippen LogP contribution in [-0.4, -0.2) is 49.4 Å². The van der Waals surface area contributed by atoms with Crippen molar-refractivity contribution < 1.29 is 4.79 Å². The molecular weight excluding hydrogens is 370 g/mol. The standard InChI is InChI=1S/C18H22ClN5OS/c19-14-7-9-15(10-8-14)24-18(20-21-22-24)26-12-17(25)23-11-3-5-13-4-1-2-6-16(13)23/h7-10,13,16H,1-6,11-12H2. The minimum absolute atomic E-state index is 0.206. The maximum atomic E-state index is 12.9. The predicted octanol–water partition coefficient (Wildman–Crippen LogP) is 3.59. The molecule has 26 heavy (non-hydrogen) atoms. The number of piperidine rings is 1. The molecule has 2 heterocycles. The van der Waals surface area contributed by atoms with Crippen LogP contribution in [-0.2, 0) is 4.79 Å². The van der Waals surface area contributed by atoms with E-state index in [0.717, 1.165) is 25.1 Å². The van der Waals surface area contributed by atoms with Crippen molar-refractivity contribution in [3.63, 3.8) is 0 Å². The van der Waals surface area contributed by atoms with E-state index < -0.39 is 0 Å². The number of fused-ring (bicyclic) bond motifs is 1. The van der Waals surface area contributed by atoms with Crippen LogP contribution < -0.4 is 0 Å². The highest BCUT2D eigenvalue weighted by atomic mass is 35.5. The molecule has 6 nitrogen and oxygen atoms in total. The van der Waals surface area contributed by atoms with Crippen LogP contribution in [0.25, 0.3) is 5.69 Å². The Morgan fingerprint density at radius 3 is 2.77 bits per heavy atom. The van der Waals surface area contributed by atoms with E-state index in [4.69, 9.17) is 11.6 Å². The van der Waals surface area contributed by atoms with Crippen LogP contribution in [0.2, 0.25) is 5.02 Å². The lowest BCUT2D eigenvalue weighted by atomic mass is 9.78. The van der Waals surface area contributed by atoms with Gasteiger partial charge in [0.15, 0.2) is 0 Å². The third-order valence-corrected chi connectivity index (χ3v) is 6.56. The van der Waals surface area contributed by atoms with E-state index in [1.165, 1.54) is 37.4 Å². The maximum Gasteiger partial charge on any atom is 0.233 e. The van der Waals surface area contributed by atoms with Gasteiger partial charge >= 0.3 is 0 Å². The van der Waals surface area contributed by atoms with Gasteiger partial charge < -0.3 is 4.90 Å². The van der Waals surface area contributed by atoms with Crippen LogP contribution in [0.5, 0.6) is 0 Å². The number of benzene rings is 1. The van der Waals surface area contributed by atoms with E-state index in [1.54, 1.807) is 16.8 Å². The highest BCUT2D eigenvalue weighted by Crippen LogP contribution is 2.35. The summed E-state index contributed by atoms with van der Waals surface area (Å²) in [4.78, 5) is 15.0.